The van der Waals surface area contributed by atoms with Gasteiger partial charge in [-0.15, -0.1) is 0 Å². The van der Waals surface area contributed by atoms with Gasteiger partial charge in [0.1, 0.15) is 0 Å². The number of nitrogens with zero attached hydrogens (tertiary/aromatic N) is 1. The van der Waals surface area contributed by atoms with Gasteiger partial charge in [0, 0.05) is 25.6 Å². The van der Waals surface area contributed by atoms with Crippen molar-refractivity contribution < 1.29 is 4.79 Å². The maximum atomic E-state index is 11.2. The number of nitrogens with two attached hydrogens (primary N) is 1. The number of hydrogen-bond donors (Lipinski definition) is 2. The third-order valence-corrected chi connectivity index (χ3v) is 2.40. The van der Waals surface area contributed by atoms with Crippen LogP contribution in [-0.2, 0) is 4.79 Å². The second-order valence-electron chi connectivity index (χ2n) is 3.61. The van der Waals surface area contributed by atoms with Crippen LogP contribution in [0, 0.1) is 0 Å². The minimum Gasteiger partial charge on any atom is -0.356 e. The molecule has 3 N–H and O–H groups in total. The van der Waals surface area contributed by atoms with Crippen molar-refractivity contribution in [3.63, 3.8) is 0 Å². The van der Waals surface area contributed by atoms with Crippen LogP contribution in [0.25, 0.3) is 0 Å². The molecule has 0 bridgehead atoms. The summed E-state index contributed by atoms with van der Waals surface area (Å²) >= 11 is 0. The zero-order valence-corrected chi connectivity index (χ0v) is 9.55. The fraction of sp³-hybridized carbons (Fsp3) is 0.900. The predicted molar refractivity (Wildman–Crippen MR) is 59.1 cm³/mol. The number of rotatable bonds is 7. The van der Waals surface area contributed by atoms with Crippen LogP contribution < -0.4 is 11.1 Å². The summed E-state index contributed by atoms with van der Waals surface area (Å²) in [5.41, 5.74) is 5.46. The second kappa shape index (κ2) is 7.76. The van der Waals surface area contributed by atoms with Gasteiger partial charge in [0.15, 0.2) is 0 Å². The van der Waals surface area contributed by atoms with Crippen molar-refractivity contribution in [3.05, 3.63) is 0 Å². The summed E-state index contributed by atoms with van der Waals surface area (Å²) in [7, 11) is 2.03. The van der Waals surface area contributed by atoms with Crippen LogP contribution in [-0.4, -0.2) is 43.5 Å². The number of nitrogens with one attached hydrogen (secondary N) is 1. The molecule has 1 amide bonds. The van der Waals surface area contributed by atoms with E-state index >= 15 is 0 Å². The molecule has 4 heteroatoms. The minimum atomic E-state index is 0.124. The van der Waals surface area contributed by atoms with Crippen molar-refractivity contribution in [1.82, 2.24) is 10.2 Å². The van der Waals surface area contributed by atoms with Gasteiger partial charge in [-0.05, 0) is 33.9 Å². The molecule has 0 heterocycles. The van der Waals surface area contributed by atoms with Crippen molar-refractivity contribution in [1.29, 1.82) is 0 Å². The lowest BCUT2D eigenvalue weighted by Crippen LogP contribution is -2.34. The van der Waals surface area contributed by atoms with Gasteiger partial charge in [0.2, 0.25) is 5.91 Å². The van der Waals surface area contributed by atoms with E-state index in [1.807, 2.05) is 14.0 Å². The van der Waals surface area contributed by atoms with Crippen molar-refractivity contribution in [2.24, 2.45) is 5.73 Å². The third kappa shape index (κ3) is 5.94. The molecule has 4 nitrogen and oxygen atoms in total. The first-order valence-corrected chi connectivity index (χ1v) is 5.28. The largest absolute Gasteiger partial charge is 0.356 e. The second-order valence-corrected chi connectivity index (χ2v) is 3.61. The molecule has 0 radical (unpaired) electrons. The summed E-state index contributed by atoms with van der Waals surface area (Å²) in [5, 5.41) is 2.78. The zero-order valence-electron chi connectivity index (χ0n) is 9.55. The number of hydrogen-bond acceptors (Lipinski definition) is 3. The normalized spacial score (nSPS) is 12.9. The monoisotopic (exact) mass is 201 g/mol. The molecule has 0 spiro atoms. The molecular formula is C10H23N3O. The van der Waals surface area contributed by atoms with Crippen LogP contribution >= 0.6 is 0 Å². The summed E-state index contributed by atoms with van der Waals surface area (Å²) in [6.07, 6.45) is 1.55. The molecule has 14 heavy (non-hydrogen) atoms. The summed E-state index contributed by atoms with van der Waals surface area (Å²) in [6, 6.07) is 0.453. The Bertz CT molecular complexity index is 161. The molecule has 0 aliphatic carbocycles. The van der Waals surface area contributed by atoms with Gasteiger partial charge in [-0.25, -0.2) is 0 Å². The number of amides is 1. The summed E-state index contributed by atoms with van der Waals surface area (Å²) < 4.78 is 0. The maximum absolute atomic E-state index is 11.2. The average molecular weight is 201 g/mol. The molecule has 0 rings (SSSR count). The van der Waals surface area contributed by atoms with Crippen LogP contribution in [0.3, 0.4) is 0 Å². The van der Waals surface area contributed by atoms with Gasteiger partial charge in [-0.1, -0.05) is 0 Å². The highest BCUT2D eigenvalue weighted by Crippen LogP contribution is 2.00. The predicted octanol–water partition coefficient (Wildman–Crippen LogP) is 0.182. The molecule has 0 aliphatic heterocycles. The van der Waals surface area contributed by atoms with Gasteiger partial charge in [-0.2, -0.15) is 0 Å². The van der Waals surface area contributed by atoms with Crippen molar-refractivity contribution >= 4 is 5.91 Å². The molecule has 84 valence electrons. The van der Waals surface area contributed by atoms with Crippen LogP contribution in [0.2, 0.25) is 0 Å². The molecule has 1 unspecified atom stereocenters. The third-order valence-electron chi connectivity index (χ3n) is 2.40. The molecule has 0 saturated heterocycles. The molecule has 0 fully saturated rings. The van der Waals surface area contributed by atoms with Gasteiger partial charge in [-0.3, -0.25) is 4.79 Å². The Kier molecular flexibility index (Phi) is 7.42. The Labute approximate surface area is 86.8 Å². The average Bonchev–Trinajstić information content (AvgIpc) is 2.15. The Balaban J connectivity index is 3.61. The van der Waals surface area contributed by atoms with Gasteiger partial charge in [0.05, 0.1) is 0 Å². The van der Waals surface area contributed by atoms with Crippen LogP contribution in [0.4, 0.5) is 0 Å². The molecule has 0 aromatic carbocycles. The van der Waals surface area contributed by atoms with Crippen molar-refractivity contribution in [2.75, 3.05) is 26.7 Å². The first kappa shape index (κ1) is 13.4. The highest BCUT2D eigenvalue weighted by atomic mass is 16.1. The number of carbonyl (C=O) groups excluding carboxylic acids is 1. The van der Waals surface area contributed by atoms with E-state index in [-0.39, 0.29) is 5.91 Å². The van der Waals surface area contributed by atoms with E-state index < -0.39 is 0 Å². The molecular weight excluding hydrogens is 178 g/mol. The van der Waals surface area contributed by atoms with E-state index in [1.165, 1.54) is 0 Å². The van der Waals surface area contributed by atoms with E-state index in [0.29, 0.717) is 25.6 Å². The quantitative estimate of drug-likeness (QED) is 0.618. The van der Waals surface area contributed by atoms with E-state index in [9.17, 15) is 4.79 Å². The Morgan fingerprint density at radius 3 is 2.71 bits per heavy atom. The standard InChI is InChI=1S/C10H23N3O/c1-4-12-10(14)6-8-13(3)9(2)5-7-11/h9H,4-8,11H2,1-3H3,(H,12,14). The lowest BCUT2D eigenvalue weighted by Gasteiger charge is -2.23. The summed E-state index contributed by atoms with van der Waals surface area (Å²) in [6.45, 7) is 6.27. The van der Waals surface area contributed by atoms with Gasteiger partial charge < -0.3 is 16.0 Å². The first-order valence-electron chi connectivity index (χ1n) is 5.28. The summed E-state index contributed by atoms with van der Waals surface area (Å²) in [5.74, 6) is 0.124. The SMILES string of the molecule is CCNC(=O)CCN(C)C(C)CCN. The molecule has 0 aromatic rings. The molecule has 0 aliphatic rings. The minimum absolute atomic E-state index is 0.124. The van der Waals surface area contributed by atoms with E-state index in [1.54, 1.807) is 0 Å². The Morgan fingerprint density at radius 1 is 1.57 bits per heavy atom. The van der Waals surface area contributed by atoms with Crippen molar-refractivity contribution in [2.45, 2.75) is 32.7 Å². The van der Waals surface area contributed by atoms with Crippen LogP contribution in [0.1, 0.15) is 26.7 Å². The Hall–Kier alpha value is -0.610. The number of carbonyl (C=O) groups is 1. The van der Waals surface area contributed by atoms with E-state index in [2.05, 4.69) is 17.1 Å². The topological polar surface area (TPSA) is 58.4 Å². The highest BCUT2D eigenvalue weighted by molar-refractivity contribution is 5.75. The van der Waals surface area contributed by atoms with E-state index in [4.69, 9.17) is 5.73 Å². The van der Waals surface area contributed by atoms with Crippen molar-refractivity contribution in [3.8, 4) is 0 Å². The smallest absolute Gasteiger partial charge is 0.221 e. The fourth-order valence-corrected chi connectivity index (χ4v) is 1.25. The Morgan fingerprint density at radius 2 is 2.21 bits per heavy atom. The van der Waals surface area contributed by atoms with Gasteiger partial charge in [0.25, 0.3) is 0 Å². The molecule has 0 saturated carbocycles. The highest BCUT2D eigenvalue weighted by Gasteiger charge is 2.09. The zero-order chi connectivity index (χ0) is 11.0. The maximum Gasteiger partial charge on any atom is 0.221 e. The van der Waals surface area contributed by atoms with Gasteiger partial charge >= 0.3 is 0 Å². The van der Waals surface area contributed by atoms with Crippen LogP contribution in [0.15, 0.2) is 0 Å². The molecule has 1 atom stereocenters. The fourth-order valence-electron chi connectivity index (χ4n) is 1.25. The first-order chi connectivity index (χ1) is 6.61. The lowest BCUT2D eigenvalue weighted by atomic mass is 10.2. The summed E-state index contributed by atoms with van der Waals surface area (Å²) in [4.78, 5) is 13.3. The van der Waals surface area contributed by atoms with Crippen LogP contribution in [0.5, 0.6) is 0 Å². The van der Waals surface area contributed by atoms with E-state index in [0.717, 1.165) is 13.0 Å². The lowest BCUT2D eigenvalue weighted by molar-refractivity contribution is -0.121. The molecule has 0 aromatic heterocycles.